The molecule has 6 nitrogen and oxygen atoms in total. The van der Waals surface area contributed by atoms with Crippen LogP contribution in [0.2, 0.25) is 0 Å². The Kier molecular flexibility index (Phi) is 5.35. The topological polar surface area (TPSA) is 75.7 Å². The first-order chi connectivity index (χ1) is 7.99. The molecule has 0 amide bonds. The number of hydrogen-bond donors (Lipinski definition) is 1. The Balaban J connectivity index is 2.54. The number of esters is 1. The summed E-state index contributed by atoms with van der Waals surface area (Å²) in [5.74, 6) is -0.661. The third kappa shape index (κ3) is 4.25. The van der Waals surface area contributed by atoms with Gasteiger partial charge in [0.2, 0.25) is 10.0 Å². The highest BCUT2D eigenvalue weighted by atomic mass is 32.2. The number of nitrogens with one attached hydrogen (secondary N) is 1. The molecule has 0 aromatic heterocycles. The smallest absolute Gasteiger partial charge is 0.306 e. The van der Waals surface area contributed by atoms with E-state index in [-0.39, 0.29) is 18.2 Å². The van der Waals surface area contributed by atoms with Gasteiger partial charge in [-0.25, -0.2) is 12.7 Å². The van der Waals surface area contributed by atoms with E-state index in [4.69, 9.17) is 0 Å². The van der Waals surface area contributed by atoms with Crippen LogP contribution in [-0.2, 0) is 19.6 Å². The molecule has 0 radical (unpaired) electrons. The molecular formula is C10H20N2O4S. The molecule has 7 heteroatoms. The summed E-state index contributed by atoms with van der Waals surface area (Å²) in [6.45, 7) is 1.03. The molecule has 17 heavy (non-hydrogen) atoms. The molecule has 0 aliphatic carbocycles. The van der Waals surface area contributed by atoms with E-state index in [1.807, 2.05) is 7.05 Å². The van der Waals surface area contributed by atoms with Gasteiger partial charge in [0.15, 0.2) is 0 Å². The number of carbonyl (C=O) groups excluding carboxylic acids is 1. The van der Waals surface area contributed by atoms with Crippen molar-refractivity contribution in [3.8, 4) is 0 Å². The maximum atomic E-state index is 12.0. The van der Waals surface area contributed by atoms with Crippen molar-refractivity contribution in [1.82, 2.24) is 9.62 Å². The van der Waals surface area contributed by atoms with Gasteiger partial charge in [-0.2, -0.15) is 0 Å². The number of hydrogen-bond acceptors (Lipinski definition) is 5. The van der Waals surface area contributed by atoms with Crippen molar-refractivity contribution >= 4 is 16.0 Å². The van der Waals surface area contributed by atoms with Crippen LogP contribution in [0.3, 0.4) is 0 Å². The molecule has 1 aliphatic heterocycles. The second-order valence-electron chi connectivity index (χ2n) is 4.13. The standard InChI is InChI=1S/C10H20N2O4S/c1-11-9-4-3-6-12(8-9)17(14,15)7-5-10(13)16-2/h9,11H,3-8H2,1-2H3. The molecule has 1 N–H and O–H groups in total. The minimum atomic E-state index is -3.34. The van der Waals surface area contributed by atoms with E-state index in [1.54, 1.807) is 0 Å². The molecule has 100 valence electrons. The van der Waals surface area contributed by atoms with Gasteiger partial charge >= 0.3 is 5.97 Å². The Labute approximate surface area is 102 Å². The first-order valence-electron chi connectivity index (χ1n) is 5.71. The summed E-state index contributed by atoms with van der Waals surface area (Å²) < 4.78 is 29.8. The Morgan fingerprint density at radius 3 is 2.82 bits per heavy atom. The van der Waals surface area contributed by atoms with Gasteiger partial charge in [0.1, 0.15) is 0 Å². The summed E-state index contributed by atoms with van der Waals surface area (Å²) >= 11 is 0. The summed E-state index contributed by atoms with van der Waals surface area (Å²) in [6.07, 6.45) is 1.75. The van der Waals surface area contributed by atoms with Crippen LogP contribution in [0.15, 0.2) is 0 Å². The van der Waals surface area contributed by atoms with Crippen molar-refractivity contribution in [3.05, 3.63) is 0 Å². The largest absolute Gasteiger partial charge is 0.469 e. The van der Waals surface area contributed by atoms with E-state index < -0.39 is 16.0 Å². The third-order valence-electron chi connectivity index (χ3n) is 2.98. The highest BCUT2D eigenvalue weighted by molar-refractivity contribution is 7.89. The van der Waals surface area contributed by atoms with Crippen molar-refractivity contribution < 1.29 is 17.9 Å². The summed E-state index contributed by atoms with van der Waals surface area (Å²) in [7, 11) is -0.254. The predicted octanol–water partition coefficient (Wildman–Crippen LogP) is -0.437. The van der Waals surface area contributed by atoms with Crippen LogP contribution in [-0.4, -0.2) is 57.7 Å². The Hall–Kier alpha value is -0.660. The number of rotatable bonds is 5. The van der Waals surface area contributed by atoms with Crippen molar-refractivity contribution in [2.45, 2.75) is 25.3 Å². The highest BCUT2D eigenvalue weighted by Gasteiger charge is 2.28. The number of carbonyl (C=O) groups is 1. The molecular weight excluding hydrogens is 244 g/mol. The van der Waals surface area contributed by atoms with Gasteiger partial charge < -0.3 is 10.1 Å². The third-order valence-corrected chi connectivity index (χ3v) is 4.82. The summed E-state index contributed by atoms with van der Waals surface area (Å²) in [5, 5.41) is 3.08. The van der Waals surface area contributed by atoms with Crippen LogP contribution in [0, 0.1) is 0 Å². The number of likely N-dealkylation sites (N-methyl/N-ethyl adjacent to an activating group) is 1. The number of methoxy groups -OCH3 is 1. The Morgan fingerprint density at radius 1 is 1.53 bits per heavy atom. The number of nitrogens with zero attached hydrogens (tertiary/aromatic N) is 1. The van der Waals surface area contributed by atoms with Crippen LogP contribution >= 0.6 is 0 Å². The Bertz CT molecular complexity index is 355. The van der Waals surface area contributed by atoms with Crippen molar-refractivity contribution in [1.29, 1.82) is 0 Å². The fourth-order valence-electron chi connectivity index (χ4n) is 1.87. The van der Waals surface area contributed by atoms with E-state index in [2.05, 4.69) is 10.1 Å². The lowest BCUT2D eigenvalue weighted by atomic mass is 10.1. The first kappa shape index (κ1) is 14.4. The van der Waals surface area contributed by atoms with Gasteiger partial charge in [0.05, 0.1) is 19.3 Å². The van der Waals surface area contributed by atoms with Gasteiger partial charge in [-0.3, -0.25) is 4.79 Å². The van der Waals surface area contributed by atoms with Crippen LogP contribution in [0.4, 0.5) is 0 Å². The summed E-state index contributed by atoms with van der Waals surface area (Å²) in [5.41, 5.74) is 0. The van der Waals surface area contributed by atoms with Gasteiger partial charge in [-0.15, -0.1) is 0 Å². The fraction of sp³-hybridized carbons (Fsp3) is 0.900. The molecule has 1 fully saturated rings. The van der Waals surface area contributed by atoms with Crippen molar-refractivity contribution in [2.24, 2.45) is 0 Å². The molecule has 0 aromatic carbocycles. The minimum Gasteiger partial charge on any atom is -0.469 e. The van der Waals surface area contributed by atoms with Gasteiger partial charge in [-0.1, -0.05) is 0 Å². The number of piperidine rings is 1. The molecule has 0 spiro atoms. The quantitative estimate of drug-likeness (QED) is 0.682. The van der Waals surface area contributed by atoms with E-state index in [0.717, 1.165) is 12.8 Å². The monoisotopic (exact) mass is 264 g/mol. The van der Waals surface area contributed by atoms with Gasteiger partial charge in [0, 0.05) is 19.1 Å². The second-order valence-corrected chi connectivity index (χ2v) is 6.22. The lowest BCUT2D eigenvalue weighted by Gasteiger charge is -2.31. The number of sulfonamides is 1. The molecule has 1 unspecified atom stereocenters. The lowest BCUT2D eigenvalue weighted by Crippen LogP contribution is -2.47. The molecule has 0 saturated carbocycles. The van der Waals surface area contributed by atoms with E-state index in [0.29, 0.717) is 13.1 Å². The number of ether oxygens (including phenoxy) is 1. The minimum absolute atomic E-state index is 0.0838. The molecule has 1 heterocycles. The van der Waals surface area contributed by atoms with Crippen molar-refractivity contribution in [2.75, 3.05) is 33.0 Å². The Morgan fingerprint density at radius 2 is 2.24 bits per heavy atom. The maximum Gasteiger partial charge on any atom is 0.306 e. The van der Waals surface area contributed by atoms with Crippen molar-refractivity contribution in [3.63, 3.8) is 0 Å². The van der Waals surface area contributed by atoms with E-state index in [9.17, 15) is 13.2 Å². The zero-order chi connectivity index (χ0) is 12.9. The normalized spacial score (nSPS) is 22.4. The highest BCUT2D eigenvalue weighted by Crippen LogP contribution is 2.14. The lowest BCUT2D eigenvalue weighted by molar-refractivity contribution is -0.140. The molecule has 1 atom stereocenters. The average Bonchev–Trinajstić information content (AvgIpc) is 2.36. The predicted molar refractivity (Wildman–Crippen MR) is 64.1 cm³/mol. The molecule has 0 aromatic rings. The zero-order valence-corrected chi connectivity index (χ0v) is 11.1. The van der Waals surface area contributed by atoms with Crippen LogP contribution in [0.25, 0.3) is 0 Å². The average molecular weight is 264 g/mol. The van der Waals surface area contributed by atoms with Gasteiger partial charge in [-0.05, 0) is 19.9 Å². The molecule has 0 bridgehead atoms. The second kappa shape index (κ2) is 6.32. The van der Waals surface area contributed by atoms with Crippen LogP contribution in [0.1, 0.15) is 19.3 Å². The van der Waals surface area contributed by atoms with Crippen LogP contribution in [0.5, 0.6) is 0 Å². The summed E-state index contributed by atoms with van der Waals surface area (Å²) in [4.78, 5) is 10.9. The zero-order valence-electron chi connectivity index (χ0n) is 10.3. The van der Waals surface area contributed by atoms with Crippen LogP contribution < -0.4 is 5.32 Å². The van der Waals surface area contributed by atoms with E-state index >= 15 is 0 Å². The molecule has 1 saturated heterocycles. The first-order valence-corrected chi connectivity index (χ1v) is 7.32. The SMILES string of the molecule is CNC1CCCN(S(=O)(=O)CCC(=O)OC)C1. The fourth-order valence-corrected chi connectivity index (χ4v) is 3.37. The molecule has 1 rings (SSSR count). The van der Waals surface area contributed by atoms with E-state index in [1.165, 1.54) is 11.4 Å². The summed E-state index contributed by atoms with van der Waals surface area (Å²) in [6, 6.07) is 0.205. The molecule has 1 aliphatic rings. The van der Waals surface area contributed by atoms with Gasteiger partial charge in [0.25, 0.3) is 0 Å². The maximum absolute atomic E-state index is 12.0.